The molecule has 27 heavy (non-hydrogen) atoms. The molecule has 1 amide bonds. The van der Waals surface area contributed by atoms with Crippen molar-refractivity contribution in [3.8, 4) is 5.75 Å². The lowest BCUT2D eigenvalue weighted by molar-refractivity contribution is -0.383. The molecular weight excluding hydrogens is 346 g/mol. The summed E-state index contributed by atoms with van der Waals surface area (Å²) in [6.45, 7) is 5.14. The molecule has 7 nitrogen and oxygen atoms in total. The number of nitrogens with zero attached hydrogens (tertiary/aromatic N) is 2. The first-order valence-electron chi connectivity index (χ1n) is 8.92. The Balaban J connectivity index is 1.63. The maximum atomic E-state index is 12.7. The Labute approximate surface area is 157 Å². The number of rotatable bonds is 4. The maximum absolute atomic E-state index is 12.7. The Hall–Kier alpha value is -3.09. The van der Waals surface area contributed by atoms with Crippen LogP contribution in [-0.4, -0.2) is 34.9 Å². The van der Waals surface area contributed by atoms with Crippen LogP contribution in [-0.2, 0) is 0 Å². The standard InChI is InChI=1S/C20H23N3O4/c1-13-3-4-14(2)19(11-13)27-16-7-9-22(10-8-16)20(24)15-5-6-17(21)18(12-15)23(25)26/h3-6,11-12,16H,7-10,21H2,1-2H3. The summed E-state index contributed by atoms with van der Waals surface area (Å²) >= 11 is 0. The number of piperidine rings is 1. The van der Waals surface area contributed by atoms with Crippen molar-refractivity contribution in [1.29, 1.82) is 0 Å². The van der Waals surface area contributed by atoms with Gasteiger partial charge in [0.25, 0.3) is 11.6 Å². The fourth-order valence-corrected chi connectivity index (χ4v) is 3.21. The molecule has 0 spiro atoms. The van der Waals surface area contributed by atoms with Gasteiger partial charge in [0, 0.05) is 37.6 Å². The number of carbonyl (C=O) groups excluding carboxylic acids is 1. The first-order valence-corrected chi connectivity index (χ1v) is 8.92. The van der Waals surface area contributed by atoms with Crippen LogP contribution >= 0.6 is 0 Å². The monoisotopic (exact) mass is 369 g/mol. The molecule has 2 N–H and O–H groups in total. The van der Waals surface area contributed by atoms with E-state index < -0.39 is 4.92 Å². The fraction of sp³-hybridized carbons (Fsp3) is 0.350. The topological polar surface area (TPSA) is 98.7 Å². The fourth-order valence-electron chi connectivity index (χ4n) is 3.21. The highest BCUT2D eigenvalue weighted by molar-refractivity contribution is 5.95. The van der Waals surface area contributed by atoms with E-state index in [9.17, 15) is 14.9 Å². The van der Waals surface area contributed by atoms with Gasteiger partial charge in [-0.25, -0.2) is 0 Å². The number of aryl methyl sites for hydroxylation is 2. The number of ether oxygens (including phenoxy) is 1. The Morgan fingerprint density at radius 1 is 1.19 bits per heavy atom. The quantitative estimate of drug-likeness (QED) is 0.505. The number of nitrogens with two attached hydrogens (primary N) is 1. The van der Waals surface area contributed by atoms with E-state index in [0.29, 0.717) is 13.1 Å². The number of nitro benzene ring substituents is 1. The van der Waals surface area contributed by atoms with E-state index in [0.717, 1.165) is 29.7 Å². The van der Waals surface area contributed by atoms with Gasteiger partial charge in [-0.05, 0) is 43.2 Å². The number of anilines is 1. The molecule has 3 rings (SSSR count). The van der Waals surface area contributed by atoms with Crippen molar-refractivity contribution in [2.75, 3.05) is 18.8 Å². The number of likely N-dealkylation sites (tertiary alicyclic amines) is 1. The number of hydrogen-bond acceptors (Lipinski definition) is 5. The third-order valence-corrected chi connectivity index (χ3v) is 4.84. The number of amides is 1. The molecule has 142 valence electrons. The minimum Gasteiger partial charge on any atom is -0.490 e. The molecule has 0 aromatic heterocycles. The van der Waals surface area contributed by atoms with Crippen molar-refractivity contribution in [3.05, 3.63) is 63.2 Å². The number of benzene rings is 2. The molecule has 0 bridgehead atoms. The van der Waals surface area contributed by atoms with Crippen LogP contribution in [0.5, 0.6) is 5.75 Å². The van der Waals surface area contributed by atoms with Crippen molar-refractivity contribution in [2.24, 2.45) is 0 Å². The first kappa shape index (κ1) is 18.7. The Kier molecular flexibility index (Phi) is 5.30. The second-order valence-electron chi connectivity index (χ2n) is 6.91. The number of nitrogen functional groups attached to an aromatic ring is 1. The average Bonchev–Trinajstić information content (AvgIpc) is 2.65. The predicted octanol–water partition coefficient (Wildman–Crippen LogP) is 3.48. The summed E-state index contributed by atoms with van der Waals surface area (Å²) in [6, 6.07) is 10.3. The minimum absolute atomic E-state index is 0.0512. The maximum Gasteiger partial charge on any atom is 0.292 e. The highest BCUT2D eigenvalue weighted by atomic mass is 16.6. The summed E-state index contributed by atoms with van der Waals surface area (Å²) in [5, 5.41) is 11.0. The van der Waals surface area contributed by atoms with Crippen LogP contribution in [0.25, 0.3) is 0 Å². The van der Waals surface area contributed by atoms with E-state index in [1.165, 1.54) is 18.2 Å². The number of hydrogen-bond donors (Lipinski definition) is 1. The summed E-state index contributed by atoms with van der Waals surface area (Å²) in [4.78, 5) is 24.8. The summed E-state index contributed by atoms with van der Waals surface area (Å²) in [5.41, 5.74) is 7.93. The minimum atomic E-state index is -0.573. The van der Waals surface area contributed by atoms with Crippen LogP contribution < -0.4 is 10.5 Å². The van der Waals surface area contributed by atoms with Crippen molar-refractivity contribution in [2.45, 2.75) is 32.8 Å². The van der Waals surface area contributed by atoms with E-state index in [1.54, 1.807) is 4.90 Å². The van der Waals surface area contributed by atoms with E-state index in [-0.39, 0.29) is 28.9 Å². The van der Waals surface area contributed by atoms with Gasteiger partial charge >= 0.3 is 0 Å². The molecule has 0 atom stereocenters. The molecule has 1 aliphatic rings. The zero-order valence-electron chi connectivity index (χ0n) is 15.5. The zero-order valence-corrected chi connectivity index (χ0v) is 15.5. The lowest BCUT2D eigenvalue weighted by Gasteiger charge is -2.32. The lowest BCUT2D eigenvalue weighted by atomic mass is 10.0. The molecule has 7 heteroatoms. The van der Waals surface area contributed by atoms with Gasteiger partial charge in [-0.1, -0.05) is 12.1 Å². The highest BCUT2D eigenvalue weighted by Crippen LogP contribution is 2.26. The first-order chi connectivity index (χ1) is 12.8. The highest BCUT2D eigenvalue weighted by Gasteiger charge is 2.26. The van der Waals surface area contributed by atoms with Gasteiger partial charge in [-0.15, -0.1) is 0 Å². The largest absolute Gasteiger partial charge is 0.490 e. The second kappa shape index (κ2) is 7.65. The number of carbonyl (C=O) groups is 1. The second-order valence-corrected chi connectivity index (χ2v) is 6.91. The Morgan fingerprint density at radius 2 is 1.89 bits per heavy atom. The SMILES string of the molecule is Cc1ccc(C)c(OC2CCN(C(=O)c3ccc(N)c([N+](=O)[O-])c3)CC2)c1. The van der Waals surface area contributed by atoms with Crippen LogP contribution in [0.1, 0.15) is 34.3 Å². The zero-order chi connectivity index (χ0) is 19.6. The molecule has 2 aromatic rings. The summed E-state index contributed by atoms with van der Waals surface area (Å²) < 4.78 is 6.12. The molecule has 0 saturated carbocycles. The Morgan fingerprint density at radius 3 is 2.56 bits per heavy atom. The van der Waals surface area contributed by atoms with Crippen LogP contribution in [0.4, 0.5) is 11.4 Å². The molecule has 1 saturated heterocycles. The van der Waals surface area contributed by atoms with Gasteiger partial charge in [0.05, 0.1) is 4.92 Å². The van der Waals surface area contributed by atoms with E-state index in [4.69, 9.17) is 10.5 Å². The third kappa shape index (κ3) is 4.19. The lowest BCUT2D eigenvalue weighted by Crippen LogP contribution is -2.41. The average molecular weight is 369 g/mol. The summed E-state index contributed by atoms with van der Waals surface area (Å²) in [7, 11) is 0. The molecule has 1 fully saturated rings. The summed E-state index contributed by atoms with van der Waals surface area (Å²) in [6.07, 6.45) is 1.49. The normalized spacial score (nSPS) is 14.8. The van der Waals surface area contributed by atoms with Gasteiger partial charge in [0.1, 0.15) is 17.5 Å². The van der Waals surface area contributed by atoms with Crippen molar-refractivity contribution in [3.63, 3.8) is 0 Å². The molecular formula is C20H23N3O4. The van der Waals surface area contributed by atoms with Crippen LogP contribution in [0.3, 0.4) is 0 Å². The van der Waals surface area contributed by atoms with Gasteiger partial charge in [0.2, 0.25) is 0 Å². The molecule has 1 aliphatic heterocycles. The number of nitro groups is 1. The van der Waals surface area contributed by atoms with Crippen molar-refractivity contribution in [1.82, 2.24) is 4.90 Å². The Bertz CT molecular complexity index is 874. The molecule has 1 heterocycles. The van der Waals surface area contributed by atoms with Crippen molar-refractivity contribution < 1.29 is 14.5 Å². The van der Waals surface area contributed by atoms with Gasteiger partial charge in [-0.2, -0.15) is 0 Å². The molecule has 0 aliphatic carbocycles. The van der Waals surface area contributed by atoms with Gasteiger partial charge < -0.3 is 15.4 Å². The van der Waals surface area contributed by atoms with E-state index in [1.807, 2.05) is 26.0 Å². The van der Waals surface area contributed by atoms with Gasteiger partial charge in [0.15, 0.2) is 0 Å². The third-order valence-electron chi connectivity index (χ3n) is 4.84. The van der Waals surface area contributed by atoms with Crippen LogP contribution in [0.2, 0.25) is 0 Å². The van der Waals surface area contributed by atoms with Crippen LogP contribution in [0, 0.1) is 24.0 Å². The predicted molar refractivity (Wildman–Crippen MR) is 103 cm³/mol. The van der Waals surface area contributed by atoms with Gasteiger partial charge in [-0.3, -0.25) is 14.9 Å². The van der Waals surface area contributed by atoms with E-state index in [2.05, 4.69) is 6.07 Å². The van der Waals surface area contributed by atoms with Crippen LogP contribution in [0.15, 0.2) is 36.4 Å². The molecule has 0 unspecified atom stereocenters. The summed E-state index contributed by atoms with van der Waals surface area (Å²) in [5.74, 6) is 0.664. The molecule has 2 aromatic carbocycles. The van der Waals surface area contributed by atoms with E-state index >= 15 is 0 Å². The smallest absolute Gasteiger partial charge is 0.292 e. The van der Waals surface area contributed by atoms with Crippen molar-refractivity contribution >= 4 is 17.3 Å². The molecule has 0 radical (unpaired) electrons.